The maximum absolute atomic E-state index is 9.32. The molecule has 0 aliphatic rings. The molecule has 0 radical (unpaired) electrons. The van der Waals surface area contributed by atoms with Gasteiger partial charge in [0.1, 0.15) is 17.2 Å². The Morgan fingerprint density at radius 2 is 2.17 bits per heavy atom. The third kappa shape index (κ3) is 3.54. The molecule has 5 heteroatoms. The van der Waals surface area contributed by atoms with Crippen molar-refractivity contribution >= 4 is 0 Å². The Bertz CT molecular complexity index is 431. The molecule has 0 aliphatic carbocycles. The van der Waals surface area contributed by atoms with Gasteiger partial charge in [-0.25, -0.2) is 9.67 Å². The van der Waals surface area contributed by atoms with E-state index >= 15 is 0 Å². The molecule has 0 amide bonds. The van der Waals surface area contributed by atoms with Crippen LogP contribution in [0.2, 0.25) is 0 Å². The van der Waals surface area contributed by atoms with Crippen molar-refractivity contribution in [1.29, 1.82) is 5.26 Å². The molecule has 1 N–H and O–H groups in total. The van der Waals surface area contributed by atoms with E-state index in [2.05, 4.69) is 35.3 Å². The van der Waals surface area contributed by atoms with E-state index in [0.717, 1.165) is 24.6 Å². The minimum atomic E-state index is -0.512. The van der Waals surface area contributed by atoms with Gasteiger partial charge in [0.15, 0.2) is 0 Å². The molecule has 0 bridgehead atoms. The number of nitrogens with zero attached hydrogens (tertiary/aromatic N) is 4. The molecule has 1 rings (SSSR count). The lowest BCUT2D eigenvalue weighted by molar-refractivity contribution is 0.329. The van der Waals surface area contributed by atoms with Crippen LogP contribution >= 0.6 is 0 Å². The fourth-order valence-electron chi connectivity index (χ4n) is 2.19. The Balaban J connectivity index is 2.76. The van der Waals surface area contributed by atoms with E-state index in [1.165, 1.54) is 0 Å². The zero-order valence-corrected chi connectivity index (χ0v) is 12.0. The van der Waals surface area contributed by atoms with Gasteiger partial charge in [0.25, 0.3) is 0 Å². The molecule has 0 aliphatic heterocycles. The van der Waals surface area contributed by atoms with Crippen molar-refractivity contribution in [2.75, 3.05) is 6.54 Å². The van der Waals surface area contributed by atoms with Gasteiger partial charge in [-0.2, -0.15) is 10.4 Å². The standard InChI is InChI=1S/C13H23N5/c1-6-7-15-13(5,9-14)8-10(2)18-12(4)16-11(3)17-18/h10,15H,6-8H2,1-5H3. The number of aromatic nitrogens is 3. The topological polar surface area (TPSA) is 66.5 Å². The number of aryl methyl sites for hydroxylation is 2. The van der Waals surface area contributed by atoms with Crippen molar-refractivity contribution in [3.05, 3.63) is 11.6 Å². The monoisotopic (exact) mass is 249 g/mol. The molecule has 0 spiro atoms. The van der Waals surface area contributed by atoms with Gasteiger partial charge in [-0.3, -0.25) is 5.32 Å². The van der Waals surface area contributed by atoms with Crippen LogP contribution in [0.5, 0.6) is 0 Å². The van der Waals surface area contributed by atoms with Crippen LogP contribution in [-0.4, -0.2) is 26.8 Å². The molecule has 1 heterocycles. The van der Waals surface area contributed by atoms with E-state index in [1.54, 1.807) is 0 Å². The quantitative estimate of drug-likeness (QED) is 0.838. The summed E-state index contributed by atoms with van der Waals surface area (Å²) in [4.78, 5) is 4.30. The molecule has 0 saturated carbocycles. The molecular weight excluding hydrogens is 226 g/mol. The van der Waals surface area contributed by atoms with Gasteiger partial charge in [0.2, 0.25) is 0 Å². The number of rotatable bonds is 6. The van der Waals surface area contributed by atoms with Gasteiger partial charge in [-0.15, -0.1) is 0 Å². The molecule has 100 valence electrons. The normalized spacial score (nSPS) is 16.0. The summed E-state index contributed by atoms with van der Waals surface area (Å²) in [5, 5.41) is 17.0. The highest BCUT2D eigenvalue weighted by molar-refractivity contribution is 5.05. The molecule has 18 heavy (non-hydrogen) atoms. The van der Waals surface area contributed by atoms with Gasteiger partial charge in [0, 0.05) is 6.42 Å². The highest BCUT2D eigenvalue weighted by Gasteiger charge is 2.27. The first-order valence-electron chi connectivity index (χ1n) is 6.48. The largest absolute Gasteiger partial charge is 0.300 e. The molecule has 1 aromatic heterocycles. The van der Waals surface area contributed by atoms with Crippen molar-refractivity contribution in [3.63, 3.8) is 0 Å². The zero-order chi connectivity index (χ0) is 13.8. The van der Waals surface area contributed by atoms with Gasteiger partial charge in [0.05, 0.1) is 12.1 Å². The smallest absolute Gasteiger partial charge is 0.147 e. The molecule has 0 fully saturated rings. The SMILES string of the molecule is CCCNC(C)(C#N)CC(C)n1nc(C)nc1C. The van der Waals surface area contributed by atoms with Crippen LogP contribution in [0.3, 0.4) is 0 Å². The average Bonchev–Trinajstić information content (AvgIpc) is 2.66. The first kappa shape index (κ1) is 14.7. The van der Waals surface area contributed by atoms with E-state index in [9.17, 15) is 5.26 Å². The Hall–Kier alpha value is -1.41. The molecule has 1 aromatic rings. The number of hydrogen-bond donors (Lipinski definition) is 1. The summed E-state index contributed by atoms with van der Waals surface area (Å²) in [6.07, 6.45) is 1.74. The maximum atomic E-state index is 9.32. The fourth-order valence-corrected chi connectivity index (χ4v) is 2.19. The minimum absolute atomic E-state index is 0.153. The summed E-state index contributed by atoms with van der Waals surface area (Å²) in [5.74, 6) is 1.68. The van der Waals surface area contributed by atoms with Crippen molar-refractivity contribution in [1.82, 2.24) is 20.1 Å². The molecular formula is C13H23N5. The van der Waals surface area contributed by atoms with Gasteiger partial charge in [-0.1, -0.05) is 6.92 Å². The van der Waals surface area contributed by atoms with Crippen LogP contribution in [0.25, 0.3) is 0 Å². The summed E-state index contributed by atoms with van der Waals surface area (Å²) in [6.45, 7) is 10.8. The summed E-state index contributed by atoms with van der Waals surface area (Å²) in [5.41, 5.74) is -0.512. The van der Waals surface area contributed by atoms with Crippen molar-refractivity contribution in [2.24, 2.45) is 0 Å². The van der Waals surface area contributed by atoms with E-state index in [1.807, 2.05) is 25.5 Å². The van der Waals surface area contributed by atoms with Crippen molar-refractivity contribution in [3.8, 4) is 6.07 Å². The lowest BCUT2D eigenvalue weighted by Gasteiger charge is -2.27. The zero-order valence-electron chi connectivity index (χ0n) is 12.0. The second-order valence-corrected chi connectivity index (χ2v) is 5.07. The summed E-state index contributed by atoms with van der Waals surface area (Å²) in [7, 11) is 0. The Labute approximate surface area is 109 Å². The second kappa shape index (κ2) is 5.96. The van der Waals surface area contributed by atoms with Gasteiger partial charge < -0.3 is 0 Å². The fraction of sp³-hybridized carbons (Fsp3) is 0.769. The van der Waals surface area contributed by atoms with Crippen molar-refractivity contribution in [2.45, 2.75) is 59.0 Å². The second-order valence-electron chi connectivity index (χ2n) is 5.07. The van der Waals surface area contributed by atoms with E-state index in [-0.39, 0.29) is 6.04 Å². The van der Waals surface area contributed by atoms with Gasteiger partial charge in [-0.05, 0) is 40.7 Å². The third-order valence-corrected chi connectivity index (χ3v) is 3.04. The van der Waals surface area contributed by atoms with E-state index in [0.29, 0.717) is 6.42 Å². The molecule has 0 saturated heterocycles. The van der Waals surface area contributed by atoms with Crippen LogP contribution in [0.15, 0.2) is 0 Å². The predicted octanol–water partition coefficient (Wildman–Crippen LogP) is 2.13. The van der Waals surface area contributed by atoms with Crippen LogP contribution in [-0.2, 0) is 0 Å². The Morgan fingerprint density at radius 3 is 2.61 bits per heavy atom. The summed E-state index contributed by atoms with van der Waals surface area (Å²) < 4.78 is 1.90. The minimum Gasteiger partial charge on any atom is -0.300 e. The van der Waals surface area contributed by atoms with Crippen LogP contribution in [0.4, 0.5) is 0 Å². The molecule has 2 atom stereocenters. The summed E-state index contributed by atoms with van der Waals surface area (Å²) >= 11 is 0. The highest BCUT2D eigenvalue weighted by Crippen LogP contribution is 2.21. The van der Waals surface area contributed by atoms with Crippen LogP contribution in [0, 0.1) is 25.2 Å². The first-order chi connectivity index (χ1) is 8.41. The molecule has 0 aromatic carbocycles. The Morgan fingerprint density at radius 1 is 1.50 bits per heavy atom. The van der Waals surface area contributed by atoms with Gasteiger partial charge >= 0.3 is 0 Å². The highest BCUT2D eigenvalue weighted by atomic mass is 15.4. The van der Waals surface area contributed by atoms with Crippen LogP contribution in [0.1, 0.15) is 51.3 Å². The summed E-state index contributed by atoms with van der Waals surface area (Å²) in [6, 6.07) is 2.52. The maximum Gasteiger partial charge on any atom is 0.147 e. The number of nitriles is 1. The van der Waals surface area contributed by atoms with E-state index in [4.69, 9.17) is 0 Å². The average molecular weight is 249 g/mol. The van der Waals surface area contributed by atoms with Crippen molar-refractivity contribution < 1.29 is 0 Å². The number of nitrogens with one attached hydrogen (secondary N) is 1. The van der Waals surface area contributed by atoms with Crippen LogP contribution < -0.4 is 5.32 Å². The first-order valence-corrected chi connectivity index (χ1v) is 6.48. The Kier molecular flexibility index (Phi) is 4.85. The lowest BCUT2D eigenvalue weighted by Crippen LogP contribution is -2.43. The predicted molar refractivity (Wildman–Crippen MR) is 71.1 cm³/mol. The molecule has 2 unspecified atom stereocenters. The number of hydrogen-bond acceptors (Lipinski definition) is 4. The lowest BCUT2D eigenvalue weighted by atomic mass is 9.95. The third-order valence-electron chi connectivity index (χ3n) is 3.04. The molecule has 5 nitrogen and oxygen atoms in total. The van der Waals surface area contributed by atoms with E-state index < -0.39 is 5.54 Å².